The summed E-state index contributed by atoms with van der Waals surface area (Å²) in [5.74, 6) is 0.672. The van der Waals surface area contributed by atoms with Gasteiger partial charge in [-0.15, -0.1) is 0 Å². The topological polar surface area (TPSA) is 67.8 Å². The zero-order chi connectivity index (χ0) is 37.5. The largest absolute Gasteiger partial charge is 0.534 e. The van der Waals surface area contributed by atoms with Gasteiger partial charge in [0.25, 0.3) is 0 Å². The van der Waals surface area contributed by atoms with Crippen LogP contribution in [0, 0.1) is 5.82 Å². The van der Waals surface area contributed by atoms with Crippen molar-refractivity contribution in [3.05, 3.63) is 120 Å². The van der Waals surface area contributed by atoms with Crippen molar-refractivity contribution >= 4 is 63.9 Å². The van der Waals surface area contributed by atoms with Crippen molar-refractivity contribution in [3.63, 3.8) is 0 Å². The fraction of sp³-hybridized carbons (Fsp3) is 0.279. The highest BCUT2D eigenvalue weighted by Crippen LogP contribution is 2.44. The molecule has 5 aromatic carbocycles. The fourth-order valence-corrected chi connectivity index (χ4v) is 12.1. The molecule has 1 aromatic heterocycles. The number of hydrogen-bond donors (Lipinski definition) is 0. The van der Waals surface area contributed by atoms with E-state index in [-0.39, 0.29) is 27.2 Å². The Bertz CT molecular complexity index is 2250. The summed E-state index contributed by atoms with van der Waals surface area (Å²) >= 11 is 7.11. The van der Waals surface area contributed by atoms with E-state index in [1.165, 1.54) is 6.33 Å². The highest BCUT2D eigenvalue weighted by Gasteiger charge is 2.52. The van der Waals surface area contributed by atoms with Crippen molar-refractivity contribution < 1.29 is 18.3 Å². The third-order valence-electron chi connectivity index (χ3n) is 9.82. The van der Waals surface area contributed by atoms with Gasteiger partial charge in [-0.2, -0.15) is 0 Å². The van der Waals surface area contributed by atoms with Gasteiger partial charge in [-0.25, -0.2) is 19.2 Å². The molecule has 10 heteroatoms. The maximum absolute atomic E-state index is 17.1. The SMILES string of the molecule is CC(C)(C)OC(=O)N1CCN(c2ncnc3c(F)c(-c4cc(O[Si](c5ccccc5)(c5ccccc5)C(C)(C)C)cc5ccccc45)c(Cl)cc23)CC1. The molecule has 0 spiro atoms. The molecule has 7 rings (SSSR count). The minimum Gasteiger partial charge on any atom is -0.534 e. The smallest absolute Gasteiger partial charge is 0.410 e. The minimum absolute atomic E-state index is 0.173. The highest BCUT2D eigenvalue weighted by atomic mass is 35.5. The zero-order valence-electron chi connectivity index (χ0n) is 31.0. The van der Waals surface area contributed by atoms with E-state index >= 15 is 4.39 Å². The van der Waals surface area contributed by atoms with E-state index in [1.807, 2.05) is 74.2 Å². The molecular formula is C43H44ClFN4O3Si. The van der Waals surface area contributed by atoms with E-state index < -0.39 is 19.7 Å². The lowest BCUT2D eigenvalue weighted by Gasteiger charge is -2.43. The summed E-state index contributed by atoms with van der Waals surface area (Å²) in [5, 5.41) is 4.49. The predicted octanol–water partition coefficient (Wildman–Crippen LogP) is 9.24. The van der Waals surface area contributed by atoms with Crippen LogP contribution >= 0.6 is 11.6 Å². The summed E-state index contributed by atoms with van der Waals surface area (Å²) in [6.07, 6.45) is 1.04. The van der Waals surface area contributed by atoms with Crippen LogP contribution in [-0.2, 0) is 4.74 Å². The standard InChI is InChI=1S/C43H44ClFN4O3Si/c1-42(2,3)51-41(50)49-23-21-48(22-24-49)40-35-27-36(44)37(38(45)39(35)46-28-47-40)34-26-30(25-29-15-13-14-20-33(29)34)52-53(43(4,5)6,31-16-9-7-10-17-31)32-18-11-8-12-19-32/h7-20,25-28H,21-24H2,1-6H3. The highest BCUT2D eigenvalue weighted by molar-refractivity contribution is 7.00. The lowest BCUT2D eigenvalue weighted by Crippen LogP contribution is -2.68. The molecule has 0 N–H and O–H groups in total. The second-order valence-corrected chi connectivity index (χ2v) is 20.2. The monoisotopic (exact) mass is 746 g/mol. The van der Waals surface area contributed by atoms with Crippen molar-refractivity contribution in [2.45, 2.75) is 52.2 Å². The summed E-state index contributed by atoms with van der Waals surface area (Å²) in [6.45, 7) is 14.1. The van der Waals surface area contributed by atoms with Crippen LogP contribution in [0.4, 0.5) is 15.0 Å². The third-order valence-corrected chi connectivity index (χ3v) is 15.1. The van der Waals surface area contributed by atoms with Crippen molar-refractivity contribution in [2.24, 2.45) is 0 Å². The molecule has 53 heavy (non-hydrogen) atoms. The number of rotatable bonds is 6. The molecule has 0 aliphatic carbocycles. The van der Waals surface area contributed by atoms with E-state index in [2.05, 4.69) is 79.3 Å². The average molecular weight is 747 g/mol. The molecule has 2 heterocycles. The Morgan fingerprint density at radius 2 is 1.38 bits per heavy atom. The molecule has 272 valence electrons. The first-order valence-electron chi connectivity index (χ1n) is 18.0. The summed E-state index contributed by atoms with van der Waals surface area (Å²) < 4.78 is 30.1. The van der Waals surface area contributed by atoms with Crippen molar-refractivity contribution in [3.8, 4) is 16.9 Å². The van der Waals surface area contributed by atoms with Gasteiger partial charge in [0.15, 0.2) is 5.82 Å². The number of aromatic nitrogens is 2. The van der Waals surface area contributed by atoms with Crippen molar-refractivity contribution in [1.82, 2.24) is 14.9 Å². The lowest BCUT2D eigenvalue weighted by molar-refractivity contribution is 0.0240. The number of ether oxygens (including phenoxy) is 1. The molecule has 1 aliphatic rings. The molecule has 0 saturated carbocycles. The van der Waals surface area contributed by atoms with Crippen LogP contribution in [0.5, 0.6) is 5.75 Å². The molecule has 0 atom stereocenters. The Morgan fingerprint density at radius 3 is 1.98 bits per heavy atom. The van der Waals surface area contributed by atoms with Crippen LogP contribution in [-0.4, -0.2) is 61.1 Å². The van der Waals surface area contributed by atoms with Gasteiger partial charge in [0.05, 0.1) is 5.02 Å². The van der Waals surface area contributed by atoms with Crippen molar-refractivity contribution in [2.75, 3.05) is 31.1 Å². The summed E-state index contributed by atoms with van der Waals surface area (Å²) in [5.41, 5.74) is 0.460. The number of fused-ring (bicyclic) bond motifs is 2. The van der Waals surface area contributed by atoms with Gasteiger partial charge in [-0.3, -0.25) is 0 Å². The average Bonchev–Trinajstić information content (AvgIpc) is 3.13. The van der Waals surface area contributed by atoms with Crippen LogP contribution in [0.1, 0.15) is 41.5 Å². The summed E-state index contributed by atoms with van der Waals surface area (Å²) in [6, 6.07) is 34.5. The predicted molar refractivity (Wildman–Crippen MR) is 216 cm³/mol. The number of benzene rings is 5. The molecular weight excluding hydrogens is 703 g/mol. The first-order chi connectivity index (χ1) is 25.3. The van der Waals surface area contributed by atoms with Crippen molar-refractivity contribution in [1.29, 1.82) is 0 Å². The van der Waals surface area contributed by atoms with Gasteiger partial charge in [0.1, 0.15) is 29.0 Å². The molecule has 0 unspecified atom stereocenters. The number of anilines is 1. The van der Waals surface area contributed by atoms with E-state index in [4.69, 9.17) is 20.8 Å². The molecule has 1 fully saturated rings. The van der Waals surface area contributed by atoms with Gasteiger partial charge < -0.3 is 19.0 Å². The zero-order valence-corrected chi connectivity index (χ0v) is 32.7. The van der Waals surface area contributed by atoms with E-state index in [0.717, 1.165) is 21.1 Å². The van der Waals surface area contributed by atoms with Crippen LogP contribution in [0.3, 0.4) is 0 Å². The second kappa shape index (κ2) is 14.1. The quantitative estimate of drug-likeness (QED) is 0.158. The normalized spacial score (nSPS) is 14.1. The first-order valence-corrected chi connectivity index (χ1v) is 20.2. The molecule has 7 nitrogen and oxygen atoms in total. The van der Waals surface area contributed by atoms with Crippen LogP contribution in [0.15, 0.2) is 109 Å². The van der Waals surface area contributed by atoms with Gasteiger partial charge in [-0.05, 0) is 70.7 Å². The Labute approximate surface area is 316 Å². The van der Waals surface area contributed by atoms with Gasteiger partial charge in [-0.1, -0.05) is 117 Å². The maximum atomic E-state index is 17.1. The number of piperazine rings is 1. The number of carbonyl (C=O) groups excluding carboxylic acids is 1. The Kier molecular flexibility index (Phi) is 9.67. The number of hydrogen-bond acceptors (Lipinski definition) is 6. The van der Waals surface area contributed by atoms with E-state index in [0.29, 0.717) is 48.7 Å². The van der Waals surface area contributed by atoms with Gasteiger partial charge in [0.2, 0.25) is 0 Å². The van der Waals surface area contributed by atoms with Gasteiger partial charge >= 0.3 is 14.4 Å². The maximum Gasteiger partial charge on any atom is 0.410 e. The Hall–Kier alpha value is -4.99. The van der Waals surface area contributed by atoms with E-state index in [9.17, 15) is 4.79 Å². The summed E-state index contributed by atoms with van der Waals surface area (Å²) in [4.78, 5) is 25.4. The Morgan fingerprint density at radius 1 is 0.774 bits per heavy atom. The lowest BCUT2D eigenvalue weighted by atomic mass is 9.96. The first kappa shape index (κ1) is 36.4. The molecule has 6 aromatic rings. The molecule has 1 amide bonds. The fourth-order valence-electron chi connectivity index (χ4n) is 7.42. The molecule has 0 radical (unpaired) electrons. The molecule has 0 bridgehead atoms. The second-order valence-electron chi connectivity index (χ2n) is 15.6. The molecule has 1 saturated heterocycles. The number of nitrogens with zero attached hydrogens (tertiary/aromatic N) is 4. The van der Waals surface area contributed by atoms with Crippen LogP contribution in [0.2, 0.25) is 10.1 Å². The minimum atomic E-state index is -3.01. The van der Waals surface area contributed by atoms with Gasteiger partial charge in [0, 0.05) is 37.1 Å². The van der Waals surface area contributed by atoms with Crippen LogP contribution in [0.25, 0.3) is 32.8 Å². The number of halogens is 2. The van der Waals surface area contributed by atoms with Crippen LogP contribution < -0.4 is 19.7 Å². The third kappa shape index (κ3) is 6.95. The number of carbonyl (C=O) groups is 1. The Balaban J connectivity index is 1.33. The number of amides is 1. The van der Waals surface area contributed by atoms with E-state index in [1.54, 1.807) is 11.0 Å². The molecule has 1 aliphatic heterocycles. The summed E-state index contributed by atoms with van der Waals surface area (Å²) in [7, 11) is -3.01.